The van der Waals surface area contributed by atoms with Crippen molar-refractivity contribution in [3.05, 3.63) is 23.9 Å². The second-order valence-corrected chi connectivity index (χ2v) is 1.56. The molecule has 0 aromatic heterocycles. The largest absolute Gasteiger partial charge is 0.272 e. The molecule has 0 unspecified atom stereocenters. The summed E-state index contributed by atoms with van der Waals surface area (Å²) in [4.78, 5) is 3.59. The molecule has 0 aromatic rings. The maximum Gasteiger partial charge on any atom is 0.0289 e. The molecule has 44 valence electrons. The van der Waals surface area contributed by atoms with Crippen LogP contribution in [-0.2, 0) is 0 Å². The summed E-state index contributed by atoms with van der Waals surface area (Å²) < 4.78 is 0. The Morgan fingerprint density at radius 1 is 1.62 bits per heavy atom. The molecule has 0 aliphatic carbocycles. The number of aliphatic imine (C=N–C) groups is 1. The van der Waals surface area contributed by atoms with Crippen molar-refractivity contribution < 1.29 is 0 Å². The third kappa shape index (κ3) is 3.34. The van der Waals surface area contributed by atoms with E-state index < -0.39 is 0 Å². The number of hydrogen-bond acceptors (Lipinski definition) is 1. The van der Waals surface area contributed by atoms with E-state index >= 15 is 0 Å². The summed E-state index contributed by atoms with van der Waals surface area (Å²) in [5.74, 6) is 0. The first-order chi connectivity index (χ1) is 3.81. The summed E-state index contributed by atoms with van der Waals surface area (Å²) in [6.45, 7) is 7.28. The predicted octanol–water partition coefficient (Wildman–Crippen LogP) is 2.17. The van der Waals surface area contributed by atoms with Gasteiger partial charge in [-0.25, -0.2) is 0 Å². The molecule has 0 aromatic carbocycles. The van der Waals surface area contributed by atoms with E-state index in [0.717, 1.165) is 5.57 Å². The Balaban J connectivity index is 3.79. The summed E-state index contributed by atoms with van der Waals surface area (Å²) in [5.41, 5.74) is 1.13. The highest BCUT2D eigenvalue weighted by Gasteiger charge is 1.72. The summed E-state index contributed by atoms with van der Waals surface area (Å²) in [5, 5.41) is 0. The third-order valence-electron chi connectivity index (χ3n) is 0.724. The third-order valence-corrected chi connectivity index (χ3v) is 0.724. The van der Waals surface area contributed by atoms with Gasteiger partial charge in [0.15, 0.2) is 0 Å². The zero-order chi connectivity index (χ0) is 6.41. The Bertz CT molecular complexity index is 120. The molecule has 0 bridgehead atoms. The first-order valence-corrected chi connectivity index (χ1v) is 2.56. The standard InChI is InChI=1S/C7H11N/c1-4-5-7(2)6-8-3/h4-6H,3H2,1-2H3. The number of hydrogen-bond donors (Lipinski definition) is 0. The average molecular weight is 109 g/mol. The highest BCUT2D eigenvalue weighted by molar-refractivity contribution is 5.28. The molecule has 1 heteroatoms. The van der Waals surface area contributed by atoms with E-state index in [4.69, 9.17) is 0 Å². The van der Waals surface area contributed by atoms with Gasteiger partial charge in [-0.05, 0) is 26.1 Å². The lowest BCUT2D eigenvalue weighted by molar-refractivity contribution is 1.43. The second-order valence-electron chi connectivity index (χ2n) is 1.56. The van der Waals surface area contributed by atoms with Crippen LogP contribution in [0.15, 0.2) is 28.9 Å². The SMILES string of the molecule is C=NC=C(C)C=CC. The Morgan fingerprint density at radius 3 is 2.62 bits per heavy atom. The van der Waals surface area contributed by atoms with Gasteiger partial charge in [-0.2, -0.15) is 0 Å². The van der Waals surface area contributed by atoms with E-state index in [9.17, 15) is 0 Å². The van der Waals surface area contributed by atoms with Crippen molar-refractivity contribution in [3.8, 4) is 0 Å². The van der Waals surface area contributed by atoms with Crippen LogP contribution >= 0.6 is 0 Å². The second kappa shape index (κ2) is 4.31. The Labute approximate surface area is 50.4 Å². The predicted molar refractivity (Wildman–Crippen MR) is 38.1 cm³/mol. The lowest BCUT2D eigenvalue weighted by Gasteiger charge is -1.82. The maximum atomic E-state index is 3.59. The molecule has 0 saturated carbocycles. The summed E-state index contributed by atoms with van der Waals surface area (Å²) in [7, 11) is 0. The molecule has 0 saturated heterocycles. The zero-order valence-electron chi connectivity index (χ0n) is 5.39. The van der Waals surface area contributed by atoms with Crippen LogP contribution in [0.5, 0.6) is 0 Å². The molecule has 0 aliphatic heterocycles. The minimum absolute atomic E-state index is 1.13. The molecule has 0 amide bonds. The fourth-order valence-electron chi connectivity index (χ4n) is 0.450. The van der Waals surface area contributed by atoms with E-state index in [-0.39, 0.29) is 0 Å². The highest BCUT2D eigenvalue weighted by Crippen LogP contribution is 1.92. The minimum Gasteiger partial charge on any atom is -0.272 e. The first-order valence-electron chi connectivity index (χ1n) is 2.56. The van der Waals surface area contributed by atoms with Crippen LogP contribution in [0.2, 0.25) is 0 Å². The molecule has 0 aliphatic rings. The van der Waals surface area contributed by atoms with Gasteiger partial charge in [-0.1, -0.05) is 12.2 Å². The number of nitrogens with zero attached hydrogens (tertiary/aromatic N) is 1. The smallest absolute Gasteiger partial charge is 0.0289 e. The van der Waals surface area contributed by atoms with E-state index in [0.29, 0.717) is 0 Å². The molecular formula is C7H11N. The van der Waals surface area contributed by atoms with Crippen LogP contribution in [-0.4, -0.2) is 6.72 Å². The monoisotopic (exact) mass is 109 g/mol. The molecule has 8 heavy (non-hydrogen) atoms. The fraction of sp³-hybridized carbons (Fsp3) is 0.286. The van der Waals surface area contributed by atoms with Crippen molar-refractivity contribution in [3.63, 3.8) is 0 Å². The lowest BCUT2D eigenvalue weighted by atomic mass is 10.3. The topological polar surface area (TPSA) is 12.4 Å². The van der Waals surface area contributed by atoms with E-state index in [2.05, 4.69) is 11.7 Å². The van der Waals surface area contributed by atoms with Crippen LogP contribution in [0.3, 0.4) is 0 Å². The van der Waals surface area contributed by atoms with Gasteiger partial charge >= 0.3 is 0 Å². The van der Waals surface area contributed by atoms with Gasteiger partial charge < -0.3 is 0 Å². The Morgan fingerprint density at radius 2 is 2.25 bits per heavy atom. The first kappa shape index (κ1) is 7.15. The van der Waals surface area contributed by atoms with Crippen molar-refractivity contribution >= 4 is 6.72 Å². The minimum atomic E-state index is 1.13. The highest BCUT2D eigenvalue weighted by atomic mass is 14.6. The van der Waals surface area contributed by atoms with Crippen LogP contribution in [0.25, 0.3) is 0 Å². The van der Waals surface area contributed by atoms with E-state index in [1.54, 1.807) is 6.20 Å². The van der Waals surface area contributed by atoms with Gasteiger partial charge in [0.1, 0.15) is 0 Å². The number of rotatable bonds is 2. The van der Waals surface area contributed by atoms with Crippen LogP contribution in [0.4, 0.5) is 0 Å². The molecule has 0 atom stereocenters. The molecule has 0 spiro atoms. The summed E-state index contributed by atoms with van der Waals surface area (Å²) >= 11 is 0. The lowest BCUT2D eigenvalue weighted by Crippen LogP contribution is -1.62. The van der Waals surface area contributed by atoms with Gasteiger partial charge in [-0.3, -0.25) is 4.99 Å². The normalized spacial score (nSPS) is 12.5. The summed E-state index contributed by atoms with van der Waals surface area (Å²) in [6, 6.07) is 0. The molecule has 0 rings (SSSR count). The quantitative estimate of drug-likeness (QED) is 0.380. The molecule has 0 N–H and O–H groups in total. The maximum absolute atomic E-state index is 3.59. The molecule has 0 fully saturated rings. The average Bonchev–Trinajstić information content (AvgIpc) is 1.68. The Hall–Kier alpha value is -0.850. The fourth-order valence-corrected chi connectivity index (χ4v) is 0.450. The Kier molecular flexibility index (Phi) is 3.85. The molecule has 1 nitrogen and oxygen atoms in total. The van der Waals surface area contributed by atoms with E-state index in [1.165, 1.54) is 0 Å². The van der Waals surface area contributed by atoms with Crippen molar-refractivity contribution in [2.75, 3.05) is 0 Å². The summed E-state index contributed by atoms with van der Waals surface area (Å²) in [6.07, 6.45) is 5.67. The molecular weight excluding hydrogens is 98.1 g/mol. The molecule has 0 radical (unpaired) electrons. The van der Waals surface area contributed by atoms with Crippen LogP contribution < -0.4 is 0 Å². The van der Waals surface area contributed by atoms with Crippen molar-refractivity contribution in [2.45, 2.75) is 13.8 Å². The van der Waals surface area contributed by atoms with E-state index in [1.807, 2.05) is 26.0 Å². The van der Waals surface area contributed by atoms with Gasteiger partial charge in [0.25, 0.3) is 0 Å². The van der Waals surface area contributed by atoms with Crippen molar-refractivity contribution in [1.29, 1.82) is 0 Å². The number of allylic oxidation sites excluding steroid dienone is 3. The van der Waals surface area contributed by atoms with Crippen molar-refractivity contribution in [1.82, 2.24) is 0 Å². The zero-order valence-corrected chi connectivity index (χ0v) is 5.39. The van der Waals surface area contributed by atoms with Gasteiger partial charge in [0.2, 0.25) is 0 Å². The van der Waals surface area contributed by atoms with Crippen molar-refractivity contribution in [2.24, 2.45) is 4.99 Å². The van der Waals surface area contributed by atoms with Gasteiger partial charge in [-0.15, -0.1) is 0 Å². The van der Waals surface area contributed by atoms with Crippen LogP contribution in [0, 0.1) is 0 Å². The van der Waals surface area contributed by atoms with Crippen LogP contribution in [0.1, 0.15) is 13.8 Å². The van der Waals surface area contributed by atoms with Gasteiger partial charge in [0.05, 0.1) is 0 Å². The van der Waals surface area contributed by atoms with Gasteiger partial charge in [0, 0.05) is 6.20 Å². The molecule has 0 heterocycles.